The monoisotopic (exact) mass is 155 g/mol. The molecule has 1 rings (SSSR count). The van der Waals surface area contributed by atoms with E-state index in [1.165, 1.54) is 19.2 Å². The third kappa shape index (κ3) is 2.33. The maximum atomic E-state index is 10.8. The van der Waals surface area contributed by atoms with Crippen molar-refractivity contribution >= 4 is 12.4 Å². The van der Waals surface area contributed by atoms with E-state index in [2.05, 4.69) is 16.7 Å². The van der Waals surface area contributed by atoms with E-state index in [1.54, 1.807) is 0 Å². The molecule has 1 unspecified atom stereocenters. The molecule has 62 valence electrons. The Morgan fingerprint density at radius 3 is 3.00 bits per heavy atom. The number of rotatable bonds is 4. The second kappa shape index (κ2) is 4.11. The Labute approximate surface area is 66.5 Å². The van der Waals surface area contributed by atoms with E-state index in [0.29, 0.717) is 0 Å². The molecule has 0 aromatic carbocycles. The molecule has 0 fully saturated rings. The van der Waals surface area contributed by atoms with Crippen LogP contribution in [0.15, 0.2) is 4.99 Å². The van der Waals surface area contributed by atoms with Crippen molar-refractivity contribution in [3.8, 4) is 0 Å². The highest BCUT2D eigenvalue weighted by atomic mass is 16.5. The van der Waals surface area contributed by atoms with Crippen LogP contribution in [-0.2, 0) is 9.53 Å². The lowest BCUT2D eigenvalue weighted by atomic mass is 10.1. The fourth-order valence-corrected chi connectivity index (χ4v) is 1.08. The van der Waals surface area contributed by atoms with E-state index in [-0.39, 0.29) is 12.0 Å². The van der Waals surface area contributed by atoms with Crippen LogP contribution in [-0.4, -0.2) is 18.4 Å². The molecule has 0 amide bonds. The zero-order valence-electron chi connectivity index (χ0n) is 6.75. The smallest absolute Gasteiger partial charge is 0.337 e. The van der Waals surface area contributed by atoms with Gasteiger partial charge in [-0.3, -0.25) is 0 Å². The van der Waals surface area contributed by atoms with Gasteiger partial charge in [-0.2, -0.15) is 0 Å². The molecule has 0 bridgehead atoms. The summed E-state index contributed by atoms with van der Waals surface area (Å²) in [7, 11) is 0. The van der Waals surface area contributed by atoms with Gasteiger partial charge >= 0.3 is 5.97 Å². The van der Waals surface area contributed by atoms with E-state index < -0.39 is 0 Å². The Kier molecular flexibility index (Phi) is 3.08. The summed E-state index contributed by atoms with van der Waals surface area (Å²) in [6.07, 6.45) is 5.49. The molecule has 1 heterocycles. The van der Waals surface area contributed by atoms with Crippen LogP contribution in [0.5, 0.6) is 0 Å². The van der Waals surface area contributed by atoms with Crippen molar-refractivity contribution in [2.45, 2.75) is 38.6 Å². The van der Waals surface area contributed by atoms with Gasteiger partial charge in [-0.05, 0) is 6.42 Å². The number of cyclic esters (lactones) is 1. The highest BCUT2D eigenvalue weighted by Crippen LogP contribution is 2.10. The number of aliphatic imine (C=N–C) groups is 1. The molecule has 0 N–H and O–H groups in total. The molecule has 0 aromatic rings. The number of carbonyl (C=O) groups excluding carboxylic acids is 1. The first-order valence-electron chi connectivity index (χ1n) is 4.06. The third-order valence-electron chi connectivity index (χ3n) is 1.76. The molecule has 0 saturated heterocycles. The standard InChI is InChI=1S/C8H13NO2/c1-2-3-4-5-7-8(10)11-6-9-7/h6-7H,2-5H2,1H3. The minimum atomic E-state index is -0.207. The summed E-state index contributed by atoms with van der Waals surface area (Å²) >= 11 is 0. The molecule has 0 saturated carbocycles. The number of carbonyl (C=O) groups is 1. The molecule has 1 aliphatic rings. The van der Waals surface area contributed by atoms with E-state index in [4.69, 9.17) is 0 Å². The maximum Gasteiger partial charge on any atom is 0.337 e. The minimum Gasteiger partial charge on any atom is -0.413 e. The predicted octanol–water partition coefficient (Wildman–Crippen LogP) is 1.52. The van der Waals surface area contributed by atoms with Crippen LogP contribution in [0.25, 0.3) is 0 Å². The topological polar surface area (TPSA) is 38.7 Å². The van der Waals surface area contributed by atoms with Crippen LogP contribution in [0.4, 0.5) is 0 Å². The predicted molar refractivity (Wildman–Crippen MR) is 42.5 cm³/mol. The number of hydrogen-bond acceptors (Lipinski definition) is 3. The number of hydrogen-bond donors (Lipinski definition) is 0. The Morgan fingerprint density at radius 2 is 2.45 bits per heavy atom. The highest BCUT2D eigenvalue weighted by Gasteiger charge is 2.21. The van der Waals surface area contributed by atoms with Crippen molar-refractivity contribution in [3.63, 3.8) is 0 Å². The SMILES string of the molecule is CCCCCC1N=COC1=O. The summed E-state index contributed by atoms with van der Waals surface area (Å²) < 4.78 is 4.57. The molecule has 3 nitrogen and oxygen atoms in total. The van der Waals surface area contributed by atoms with Crippen molar-refractivity contribution in [2.75, 3.05) is 0 Å². The van der Waals surface area contributed by atoms with Gasteiger partial charge in [0, 0.05) is 0 Å². The van der Waals surface area contributed by atoms with Gasteiger partial charge in [0.15, 0.2) is 12.4 Å². The summed E-state index contributed by atoms with van der Waals surface area (Å²) in [4.78, 5) is 14.7. The van der Waals surface area contributed by atoms with Crippen LogP contribution >= 0.6 is 0 Å². The zero-order chi connectivity index (χ0) is 8.10. The Hall–Kier alpha value is -0.860. The van der Waals surface area contributed by atoms with Gasteiger partial charge in [-0.1, -0.05) is 26.2 Å². The molecule has 1 atom stereocenters. The van der Waals surface area contributed by atoms with Crippen molar-refractivity contribution in [3.05, 3.63) is 0 Å². The first-order valence-corrected chi connectivity index (χ1v) is 4.06. The van der Waals surface area contributed by atoms with E-state index >= 15 is 0 Å². The molecule has 0 radical (unpaired) electrons. The van der Waals surface area contributed by atoms with Gasteiger partial charge in [-0.25, -0.2) is 9.79 Å². The number of ether oxygens (including phenoxy) is 1. The van der Waals surface area contributed by atoms with Crippen LogP contribution < -0.4 is 0 Å². The normalized spacial score (nSPS) is 22.3. The van der Waals surface area contributed by atoms with Gasteiger partial charge in [-0.15, -0.1) is 0 Å². The Morgan fingerprint density at radius 1 is 1.64 bits per heavy atom. The fraction of sp³-hybridized carbons (Fsp3) is 0.750. The van der Waals surface area contributed by atoms with Crippen LogP contribution in [0, 0.1) is 0 Å². The van der Waals surface area contributed by atoms with E-state index in [1.807, 2.05) is 0 Å². The lowest BCUT2D eigenvalue weighted by Crippen LogP contribution is -2.13. The van der Waals surface area contributed by atoms with Gasteiger partial charge in [0.05, 0.1) is 0 Å². The molecule has 0 aromatic heterocycles. The van der Waals surface area contributed by atoms with Crippen molar-refractivity contribution < 1.29 is 9.53 Å². The van der Waals surface area contributed by atoms with Gasteiger partial charge < -0.3 is 4.74 Å². The third-order valence-corrected chi connectivity index (χ3v) is 1.76. The quantitative estimate of drug-likeness (QED) is 0.456. The first kappa shape index (κ1) is 8.24. The maximum absolute atomic E-state index is 10.8. The fourth-order valence-electron chi connectivity index (χ4n) is 1.08. The molecule has 0 aliphatic carbocycles. The lowest BCUT2D eigenvalue weighted by Gasteiger charge is -2.01. The number of unbranched alkanes of at least 4 members (excludes halogenated alkanes) is 2. The molecular weight excluding hydrogens is 142 g/mol. The molecule has 0 spiro atoms. The molecule has 3 heteroatoms. The Bertz CT molecular complexity index is 165. The average molecular weight is 155 g/mol. The summed E-state index contributed by atoms with van der Waals surface area (Å²) in [5.41, 5.74) is 0. The van der Waals surface area contributed by atoms with Gasteiger partial charge in [0.25, 0.3) is 0 Å². The average Bonchev–Trinajstić information content (AvgIpc) is 2.37. The largest absolute Gasteiger partial charge is 0.413 e. The summed E-state index contributed by atoms with van der Waals surface area (Å²) in [5, 5.41) is 0. The van der Waals surface area contributed by atoms with Gasteiger partial charge in [0.1, 0.15) is 0 Å². The zero-order valence-corrected chi connectivity index (χ0v) is 6.75. The van der Waals surface area contributed by atoms with Crippen molar-refractivity contribution in [2.24, 2.45) is 4.99 Å². The molecule has 11 heavy (non-hydrogen) atoms. The van der Waals surface area contributed by atoms with Gasteiger partial charge in [0.2, 0.25) is 0 Å². The second-order valence-corrected chi connectivity index (χ2v) is 2.70. The number of nitrogens with zero attached hydrogens (tertiary/aromatic N) is 1. The van der Waals surface area contributed by atoms with Crippen molar-refractivity contribution in [1.29, 1.82) is 0 Å². The summed E-state index contributed by atoms with van der Waals surface area (Å²) in [6.45, 7) is 2.14. The lowest BCUT2D eigenvalue weighted by molar-refractivity contribution is -0.134. The van der Waals surface area contributed by atoms with Crippen molar-refractivity contribution in [1.82, 2.24) is 0 Å². The minimum absolute atomic E-state index is 0.193. The molecular formula is C8H13NO2. The second-order valence-electron chi connectivity index (χ2n) is 2.70. The first-order chi connectivity index (χ1) is 5.34. The highest BCUT2D eigenvalue weighted by molar-refractivity contribution is 5.87. The number of esters is 1. The van der Waals surface area contributed by atoms with Crippen LogP contribution in [0.1, 0.15) is 32.6 Å². The molecule has 1 aliphatic heterocycles. The van der Waals surface area contributed by atoms with Crippen LogP contribution in [0.2, 0.25) is 0 Å². The van der Waals surface area contributed by atoms with E-state index in [0.717, 1.165) is 12.8 Å². The van der Waals surface area contributed by atoms with Crippen LogP contribution in [0.3, 0.4) is 0 Å². The summed E-state index contributed by atoms with van der Waals surface area (Å²) in [5.74, 6) is -0.193. The summed E-state index contributed by atoms with van der Waals surface area (Å²) in [6, 6.07) is -0.207. The Balaban J connectivity index is 2.15. The van der Waals surface area contributed by atoms with E-state index in [9.17, 15) is 4.79 Å².